The molecule has 2 rings (SSSR count). The van der Waals surface area contributed by atoms with Crippen LogP contribution in [0.5, 0.6) is 0 Å². The van der Waals surface area contributed by atoms with Gasteiger partial charge in [0.15, 0.2) is 0 Å². The summed E-state index contributed by atoms with van der Waals surface area (Å²) in [7, 11) is 0. The van der Waals surface area contributed by atoms with E-state index >= 15 is 0 Å². The number of anilines is 1. The number of benzene rings is 1. The van der Waals surface area contributed by atoms with E-state index in [-0.39, 0.29) is 11.9 Å². The van der Waals surface area contributed by atoms with Crippen molar-refractivity contribution in [3.05, 3.63) is 47.3 Å². The van der Waals surface area contributed by atoms with Crippen molar-refractivity contribution in [1.82, 2.24) is 9.78 Å². The van der Waals surface area contributed by atoms with Crippen LogP contribution >= 0.6 is 0 Å². The number of carbonyl (C=O) groups excluding carboxylic acids is 1. The maximum Gasteiger partial charge on any atom is 0.273 e. The molecule has 1 atom stereocenters. The minimum Gasteiger partial charge on any atom is -0.324 e. The summed E-state index contributed by atoms with van der Waals surface area (Å²) in [6.45, 7) is 6.56. The molecule has 1 aromatic heterocycles. The van der Waals surface area contributed by atoms with E-state index in [1.165, 1.54) is 0 Å². The van der Waals surface area contributed by atoms with Gasteiger partial charge in [0.2, 0.25) is 0 Å². The molecule has 0 aliphatic heterocycles. The Kier molecular flexibility index (Phi) is 4.75. The summed E-state index contributed by atoms with van der Waals surface area (Å²) in [4.78, 5) is 12.5. The van der Waals surface area contributed by atoms with E-state index in [2.05, 4.69) is 10.4 Å². The summed E-state index contributed by atoms with van der Waals surface area (Å²) >= 11 is 0. The van der Waals surface area contributed by atoms with Crippen LogP contribution in [0.25, 0.3) is 0 Å². The molecule has 1 aromatic carbocycles. The summed E-state index contributed by atoms with van der Waals surface area (Å²) in [6.07, 6.45) is 0.809. The number of rotatable bonds is 5. The van der Waals surface area contributed by atoms with Crippen molar-refractivity contribution in [3.8, 4) is 0 Å². The summed E-state index contributed by atoms with van der Waals surface area (Å²) in [5.41, 5.74) is 9.11. The number of aryl methyl sites for hydroxylation is 2. The third kappa shape index (κ3) is 3.31. The molecule has 0 radical (unpaired) electrons. The van der Waals surface area contributed by atoms with Crippen molar-refractivity contribution in [3.63, 3.8) is 0 Å². The van der Waals surface area contributed by atoms with Crippen molar-refractivity contribution in [2.75, 3.05) is 5.32 Å². The first kappa shape index (κ1) is 15.3. The maximum atomic E-state index is 12.5. The van der Waals surface area contributed by atoms with Gasteiger partial charge in [-0.1, -0.05) is 25.1 Å². The van der Waals surface area contributed by atoms with Gasteiger partial charge in [-0.15, -0.1) is 0 Å². The third-order valence-electron chi connectivity index (χ3n) is 3.42. The van der Waals surface area contributed by atoms with E-state index in [0.29, 0.717) is 12.2 Å². The minimum atomic E-state index is -0.155. The van der Waals surface area contributed by atoms with Gasteiger partial charge in [-0.25, -0.2) is 0 Å². The number of nitrogens with zero attached hydrogens (tertiary/aromatic N) is 2. The highest BCUT2D eigenvalue weighted by molar-refractivity contribution is 6.03. The van der Waals surface area contributed by atoms with Gasteiger partial charge in [-0.3, -0.25) is 9.48 Å². The average Bonchev–Trinajstić information content (AvgIpc) is 2.91. The molecule has 1 unspecified atom stereocenters. The maximum absolute atomic E-state index is 12.5. The van der Waals surface area contributed by atoms with Crippen molar-refractivity contribution in [1.29, 1.82) is 0 Å². The fourth-order valence-corrected chi connectivity index (χ4v) is 2.26. The summed E-state index contributed by atoms with van der Waals surface area (Å²) in [5.74, 6) is -0.155. The van der Waals surface area contributed by atoms with Crippen LogP contribution in [-0.2, 0) is 13.0 Å². The lowest BCUT2D eigenvalue weighted by Crippen LogP contribution is -2.19. The molecular weight excluding hydrogens is 264 g/mol. The summed E-state index contributed by atoms with van der Waals surface area (Å²) < 4.78 is 1.72. The van der Waals surface area contributed by atoms with E-state index in [0.717, 1.165) is 23.4 Å². The number of hydrogen-bond donors (Lipinski definition) is 2. The quantitative estimate of drug-likeness (QED) is 0.887. The minimum absolute atomic E-state index is 0.135. The predicted octanol–water partition coefficient (Wildman–Crippen LogP) is 2.74. The number of nitrogens with two attached hydrogens (primary N) is 1. The second-order valence-corrected chi connectivity index (χ2v) is 5.02. The second kappa shape index (κ2) is 6.54. The number of para-hydroxylation sites is 1. The van der Waals surface area contributed by atoms with E-state index < -0.39 is 0 Å². The predicted molar refractivity (Wildman–Crippen MR) is 84.3 cm³/mol. The van der Waals surface area contributed by atoms with Gasteiger partial charge in [-0.05, 0) is 38.0 Å². The fourth-order valence-electron chi connectivity index (χ4n) is 2.26. The van der Waals surface area contributed by atoms with E-state index in [4.69, 9.17) is 5.73 Å². The summed E-state index contributed by atoms with van der Waals surface area (Å²) in [5, 5.41) is 7.34. The van der Waals surface area contributed by atoms with Crippen molar-refractivity contribution < 1.29 is 4.79 Å². The highest BCUT2D eigenvalue weighted by atomic mass is 16.2. The van der Waals surface area contributed by atoms with Gasteiger partial charge in [0.25, 0.3) is 5.91 Å². The van der Waals surface area contributed by atoms with Gasteiger partial charge in [-0.2, -0.15) is 5.10 Å². The largest absolute Gasteiger partial charge is 0.324 e. The monoisotopic (exact) mass is 286 g/mol. The lowest BCUT2D eigenvalue weighted by molar-refractivity contribution is 0.101. The Labute approximate surface area is 125 Å². The molecule has 2 aromatic rings. The molecule has 0 saturated carbocycles. The Morgan fingerprint density at radius 1 is 1.38 bits per heavy atom. The van der Waals surface area contributed by atoms with Crippen LogP contribution in [0, 0.1) is 0 Å². The average molecular weight is 286 g/mol. The lowest BCUT2D eigenvalue weighted by Gasteiger charge is -2.13. The van der Waals surface area contributed by atoms with E-state index in [1.54, 1.807) is 4.68 Å². The molecule has 1 heterocycles. The molecular formula is C16H22N4O. The molecule has 0 fully saturated rings. The molecule has 0 spiro atoms. The summed E-state index contributed by atoms with van der Waals surface area (Å²) in [6, 6.07) is 9.30. The number of aromatic nitrogens is 2. The van der Waals surface area contributed by atoms with Gasteiger partial charge < -0.3 is 11.1 Å². The van der Waals surface area contributed by atoms with Crippen LogP contribution in [0.4, 0.5) is 5.69 Å². The highest BCUT2D eigenvalue weighted by Gasteiger charge is 2.16. The van der Waals surface area contributed by atoms with E-state index in [9.17, 15) is 4.79 Å². The number of nitrogens with one attached hydrogen (secondary N) is 1. The molecule has 0 aliphatic rings. The van der Waals surface area contributed by atoms with Crippen LogP contribution in [0.15, 0.2) is 30.3 Å². The van der Waals surface area contributed by atoms with Gasteiger partial charge in [0.05, 0.1) is 5.69 Å². The second-order valence-electron chi connectivity index (χ2n) is 5.02. The fraction of sp³-hybridized carbons (Fsp3) is 0.375. The Hall–Kier alpha value is -2.14. The molecule has 3 N–H and O–H groups in total. The smallest absolute Gasteiger partial charge is 0.273 e. The molecule has 5 heteroatoms. The first-order valence-corrected chi connectivity index (χ1v) is 7.29. The molecule has 0 bridgehead atoms. The number of hydrogen-bond acceptors (Lipinski definition) is 3. The van der Waals surface area contributed by atoms with Crippen LogP contribution < -0.4 is 11.1 Å². The first-order valence-electron chi connectivity index (χ1n) is 7.29. The normalized spacial score (nSPS) is 12.2. The number of amides is 1. The van der Waals surface area contributed by atoms with Gasteiger partial charge in [0, 0.05) is 18.3 Å². The SMILES string of the molecule is CCc1cc(C(=O)Nc2ccccc2C(C)N)n(CC)n1. The Morgan fingerprint density at radius 3 is 2.71 bits per heavy atom. The third-order valence-corrected chi connectivity index (χ3v) is 3.42. The molecule has 21 heavy (non-hydrogen) atoms. The highest BCUT2D eigenvalue weighted by Crippen LogP contribution is 2.21. The lowest BCUT2D eigenvalue weighted by atomic mass is 10.1. The molecule has 1 amide bonds. The van der Waals surface area contributed by atoms with Crippen LogP contribution in [0.3, 0.4) is 0 Å². The zero-order valence-corrected chi connectivity index (χ0v) is 12.8. The van der Waals surface area contributed by atoms with Gasteiger partial charge >= 0.3 is 0 Å². The molecule has 5 nitrogen and oxygen atoms in total. The first-order chi connectivity index (χ1) is 10.1. The topological polar surface area (TPSA) is 72.9 Å². The molecule has 0 saturated heterocycles. The Morgan fingerprint density at radius 2 is 2.10 bits per heavy atom. The number of carbonyl (C=O) groups is 1. The van der Waals surface area contributed by atoms with E-state index in [1.807, 2.05) is 51.1 Å². The Balaban J connectivity index is 2.28. The van der Waals surface area contributed by atoms with Crippen LogP contribution in [-0.4, -0.2) is 15.7 Å². The standard InChI is InChI=1S/C16H22N4O/c1-4-12-10-15(20(5-2)19-12)16(21)18-14-9-7-6-8-13(14)11(3)17/h6-11H,4-5,17H2,1-3H3,(H,18,21). The van der Waals surface area contributed by atoms with Crippen LogP contribution in [0.2, 0.25) is 0 Å². The zero-order valence-electron chi connectivity index (χ0n) is 12.8. The van der Waals surface area contributed by atoms with Crippen molar-refractivity contribution in [2.24, 2.45) is 5.73 Å². The van der Waals surface area contributed by atoms with Crippen LogP contribution in [0.1, 0.15) is 48.6 Å². The van der Waals surface area contributed by atoms with Crippen molar-refractivity contribution in [2.45, 2.75) is 39.8 Å². The van der Waals surface area contributed by atoms with Crippen molar-refractivity contribution >= 4 is 11.6 Å². The molecule has 112 valence electrons. The molecule has 0 aliphatic carbocycles. The van der Waals surface area contributed by atoms with Gasteiger partial charge in [0.1, 0.15) is 5.69 Å². The Bertz CT molecular complexity index is 631. The zero-order chi connectivity index (χ0) is 15.4.